The lowest BCUT2D eigenvalue weighted by Gasteiger charge is -2.37. The molecule has 1 atom stereocenters. The highest BCUT2D eigenvalue weighted by Gasteiger charge is 2.43. The van der Waals surface area contributed by atoms with Crippen LogP contribution in [-0.2, 0) is 0 Å². The van der Waals surface area contributed by atoms with E-state index in [2.05, 4.69) is 48.7 Å². The Labute approximate surface area is 214 Å². The molecular formula is C26H28F2N8O. The number of benzene rings is 1. The van der Waals surface area contributed by atoms with Gasteiger partial charge in [-0.15, -0.1) is 10.2 Å². The number of halogens is 2. The molecule has 37 heavy (non-hydrogen) atoms. The quantitative estimate of drug-likeness (QED) is 0.517. The van der Waals surface area contributed by atoms with Crippen molar-refractivity contribution >= 4 is 17.3 Å². The molecule has 0 saturated carbocycles. The van der Waals surface area contributed by atoms with Gasteiger partial charge in [0, 0.05) is 37.4 Å². The molecule has 0 bridgehead atoms. The molecule has 11 heteroatoms. The van der Waals surface area contributed by atoms with Crippen LogP contribution in [0.15, 0.2) is 42.6 Å². The first kappa shape index (κ1) is 24.6. The first-order chi connectivity index (χ1) is 17.8. The number of alkyl halides is 2. The zero-order chi connectivity index (χ0) is 26.0. The summed E-state index contributed by atoms with van der Waals surface area (Å²) in [6, 6.07) is 10.9. The number of phenolic OH excluding ortho intramolecular Hbond substituents is 1. The number of nitrogens with two attached hydrogens (primary N) is 1. The maximum Gasteiger partial charge on any atom is 0.273 e. The molecule has 0 aliphatic carbocycles. The summed E-state index contributed by atoms with van der Waals surface area (Å²) in [6.45, 7) is 4.01. The third-order valence-corrected chi connectivity index (χ3v) is 6.63. The smallest absolute Gasteiger partial charge is 0.273 e. The third-order valence-electron chi connectivity index (χ3n) is 6.63. The molecule has 2 aliphatic heterocycles. The van der Waals surface area contributed by atoms with Gasteiger partial charge in [0.15, 0.2) is 5.82 Å². The third kappa shape index (κ3) is 5.54. The van der Waals surface area contributed by atoms with E-state index >= 15 is 0 Å². The normalized spacial score (nSPS) is 19.5. The van der Waals surface area contributed by atoms with E-state index in [9.17, 15) is 13.9 Å². The van der Waals surface area contributed by atoms with E-state index in [1.165, 1.54) is 0 Å². The lowest BCUT2D eigenvalue weighted by Crippen LogP contribution is -2.55. The molecule has 192 valence electrons. The van der Waals surface area contributed by atoms with Crippen LogP contribution < -0.4 is 15.5 Å². The van der Waals surface area contributed by atoms with E-state index in [1.807, 2.05) is 18.2 Å². The molecule has 3 N–H and O–H groups in total. The molecule has 0 radical (unpaired) electrons. The van der Waals surface area contributed by atoms with E-state index in [1.54, 1.807) is 29.3 Å². The van der Waals surface area contributed by atoms with Gasteiger partial charge >= 0.3 is 0 Å². The summed E-state index contributed by atoms with van der Waals surface area (Å²) in [5, 5.41) is 18.6. The fourth-order valence-electron chi connectivity index (χ4n) is 4.63. The monoisotopic (exact) mass is 506 g/mol. The van der Waals surface area contributed by atoms with E-state index in [0.717, 1.165) is 24.5 Å². The Hall–Kier alpha value is -4.04. The maximum atomic E-state index is 13.0. The van der Waals surface area contributed by atoms with Crippen LogP contribution in [0, 0.1) is 11.8 Å². The van der Waals surface area contributed by atoms with Crippen LogP contribution >= 0.6 is 0 Å². The van der Waals surface area contributed by atoms with Crippen molar-refractivity contribution < 1.29 is 13.9 Å². The standard InChI is InChI=1S/C26H28F2N8O/c1-18-9-12-35(21-15-20(32-33-25(21)29)19-5-2-3-6-22(19)37)13-14-36(18)24-8-10-30-23(31-24)7-4-11-34-16-26(27,28)17-34/h2-3,5-6,8,10,15,18,37H,9,11-14,16-17H2,1H3,(H2,29,33). The second kappa shape index (κ2) is 10.1. The largest absolute Gasteiger partial charge is 0.507 e. The molecule has 2 aliphatic rings. The van der Waals surface area contributed by atoms with Crippen molar-refractivity contribution in [2.45, 2.75) is 25.3 Å². The second-order valence-corrected chi connectivity index (χ2v) is 9.38. The molecule has 2 saturated heterocycles. The first-order valence-electron chi connectivity index (χ1n) is 12.1. The van der Waals surface area contributed by atoms with Crippen LogP contribution in [0.25, 0.3) is 11.3 Å². The number of nitrogen functional groups attached to an aromatic ring is 1. The number of hydrogen-bond donors (Lipinski definition) is 2. The van der Waals surface area contributed by atoms with E-state index in [0.29, 0.717) is 36.0 Å². The Morgan fingerprint density at radius 3 is 2.73 bits per heavy atom. The van der Waals surface area contributed by atoms with Crippen LogP contribution in [-0.4, -0.2) is 81.4 Å². The van der Waals surface area contributed by atoms with Gasteiger partial charge in [-0.3, -0.25) is 4.90 Å². The number of likely N-dealkylation sites (tertiary alicyclic amines) is 1. The molecular weight excluding hydrogens is 478 g/mol. The Balaban J connectivity index is 1.29. The predicted octanol–water partition coefficient (Wildman–Crippen LogP) is 2.63. The molecule has 2 aromatic heterocycles. The molecule has 9 nitrogen and oxygen atoms in total. The fourth-order valence-corrected chi connectivity index (χ4v) is 4.63. The number of para-hydroxylation sites is 1. The number of aromatic nitrogens is 4. The van der Waals surface area contributed by atoms with Crippen molar-refractivity contribution in [1.82, 2.24) is 25.1 Å². The molecule has 1 aromatic carbocycles. The Bertz CT molecular complexity index is 1330. The average molecular weight is 507 g/mol. The van der Waals surface area contributed by atoms with Gasteiger partial charge in [0.1, 0.15) is 11.6 Å². The highest BCUT2D eigenvalue weighted by Crippen LogP contribution is 2.32. The van der Waals surface area contributed by atoms with Crippen LogP contribution in [0.4, 0.5) is 26.1 Å². The SMILES string of the molecule is CC1CCN(c2cc(-c3ccccc3O)nnc2N)CCN1c1ccnc(C#CCN2CC(F)(F)C2)n1. The molecule has 4 heterocycles. The van der Waals surface area contributed by atoms with Crippen molar-refractivity contribution in [3.63, 3.8) is 0 Å². The Kier molecular flexibility index (Phi) is 6.76. The number of anilines is 3. The predicted molar refractivity (Wildman–Crippen MR) is 137 cm³/mol. The number of rotatable bonds is 4. The van der Waals surface area contributed by atoms with Gasteiger partial charge in [0.25, 0.3) is 5.92 Å². The van der Waals surface area contributed by atoms with Gasteiger partial charge in [-0.2, -0.15) is 0 Å². The van der Waals surface area contributed by atoms with Gasteiger partial charge in [0.2, 0.25) is 5.82 Å². The summed E-state index contributed by atoms with van der Waals surface area (Å²) in [5.74, 6) is 4.80. The van der Waals surface area contributed by atoms with Crippen LogP contribution in [0.5, 0.6) is 5.75 Å². The van der Waals surface area contributed by atoms with Crippen molar-refractivity contribution in [3.8, 4) is 28.8 Å². The van der Waals surface area contributed by atoms with E-state index in [4.69, 9.17) is 5.73 Å². The zero-order valence-corrected chi connectivity index (χ0v) is 20.5. The highest BCUT2D eigenvalue weighted by atomic mass is 19.3. The highest BCUT2D eigenvalue weighted by molar-refractivity contribution is 5.74. The Morgan fingerprint density at radius 2 is 1.95 bits per heavy atom. The van der Waals surface area contributed by atoms with Crippen molar-refractivity contribution in [1.29, 1.82) is 0 Å². The first-order valence-corrected chi connectivity index (χ1v) is 12.1. The number of phenols is 1. The topological polar surface area (TPSA) is 108 Å². The Morgan fingerprint density at radius 1 is 1.14 bits per heavy atom. The summed E-state index contributed by atoms with van der Waals surface area (Å²) in [6.07, 6.45) is 2.52. The minimum Gasteiger partial charge on any atom is -0.507 e. The van der Waals surface area contributed by atoms with Gasteiger partial charge in [0.05, 0.1) is 31.0 Å². The van der Waals surface area contributed by atoms with Crippen molar-refractivity contribution in [3.05, 3.63) is 48.4 Å². The van der Waals surface area contributed by atoms with E-state index < -0.39 is 5.92 Å². The van der Waals surface area contributed by atoms with Crippen LogP contribution in [0.2, 0.25) is 0 Å². The van der Waals surface area contributed by atoms with Crippen LogP contribution in [0.1, 0.15) is 19.2 Å². The summed E-state index contributed by atoms with van der Waals surface area (Å²) < 4.78 is 26.0. The van der Waals surface area contributed by atoms with Crippen molar-refractivity contribution in [2.75, 3.05) is 54.8 Å². The van der Waals surface area contributed by atoms with E-state index in [-0.39, 0.29) is 31.4 Å². The molecule has 5 rings (SSSR count). The number of aromatic hydroxyl groups is 1. The number of nitrogens with zero attached hydrogens (tertiary/aromatic N) is 7. The molecule has 0 amide bonds. The number of hydrogen-bond acceptors (Lipinski definition) is 9. The average Bonchev–Trinajstić information content (AvgIpc) is 3.05. The lowest BCUT2D eigenvalue weighted by atomic mass is 10.1. The molecule has 2 fully saturated rings. The molecule has 3 aromatic rings. The van der Waals surface area contributed by atoms with Crippen molar-refractivity contribution in [2.24, 2.45) is 0 Å². The summed E-state index contributed by atoms with van der Waals surface area (Å²) >= 11 is 0. The van der Waals surface area contributed by atoms with Gasteiger partial charge in [-0.25, -0.2) is 18.7 Å². The fraction of sp³-hybridized carbons (Fsp3) is 0.385. The summed E-state index contributed by atoms with van der Waals surface area (Å²) in [4.78, 5) is 14.8. The minimum atomic E-state index is -2.60. The van der Waals surface area contributed by atoms with Gasteiger partial charge in [-0.1, -0.05) is 18.1 Å². The maximum absolute atomic E-state index is 13.0. The van der Waals surface area contributed by atoms with Gasteiger partial charge < -0.3 is 20.6 Å². The zero-order valence-electron chi connectivity index (χ0n) is 20.5. The summed E-state index contributed by atoms with van der Waals surface area (Å²) in [5.41, 5.74) is 8.13. The van der Waals surface area contributed by atoms with Gasteiger partial charge in [-0.05, 0) is 43.5 Å². The lowest BCUT2D eigenvalue weighted by molar-refractivity contribution is -0.125. The summed E-state index contributed by atoms with van der Waals surface area (Å²) in [7, 11) is 0. The molecule has 0 spiro atoms. The molecule has 1 unspecified atom stereocenters. The van der Waals surface area contributed by atoms with Crippen LogP contribution in [0.3, 0.4) is 0 Å². The second-order valence-electron chi connectivity index (χ2n) is 9.38. The minimum absolute atomic E-state index is 0.133.